The van der Waals surface area contributed by atoms with E-state index in [1.807, 2.05) is 0 Å². The summed E-state index contributed by atoms with van der Waals surface area (Å²) in [5.41, 5.74) is -1.60. The van der Waals surface area contributed by atoms with Gasteiger partial charge in [-0.3, -0.25) is 0 Å². The predicted octanol–water partition coefficient (Wildman–Crippen LogP) is 18.1. The molecule has 10 nitrogen and oxygen atoms in total. The number of hydrogen-bond acceptors (Lipinski definition) is 10. The van der Waals surface area contributed by atoms with E-state index < -0.39 is 138 Å². The van der Waals surface area contributed by atoms with Crippen molar-refractivity contribution in [2.75, 3.05) is 0 Å². The Kier molecular flexibility index (Phi) is 25.8. The Morgan fingerprint density at radius 2 is 0.824 bits per heavy atom. The minimum absolute atomic E-state index is 0.0378. The van der Waals surface area contributed by atoms with Gasteiger partial charge in [0.1, 0.15) is 30.0 Å². The molecular formula is C63H82F18O10. The molecule has 520 valence electrons. The van der Waals surface area contributed by atoms with Crippen molar-refractivity contribution in [3.05, 3.63) is 60.8 Å². The van der Waals surface area contributed by atoms with E-state index in [1.165, 1.54) is 41.5 Å². The molecule has 0 aliphatic heterocycles. The normalized spacial score (nSPS) is 33.4. The van der Waals surface area contributed by atoms with Crippen LogP contribution in [0.1, 0.15) is 164 Å². The molecule has 0 radical (unpaired) electrons. The van der Waals surface area contributed by atoms with Crippen molar-refractivity contribution < 1.29 is 127 Å². The van der Waals surface area contributed by atoms with Crippen LogP contribution in [0.15, 0.2) is 60.8 Å². The summed E-state index contributed by atoms with van der Waals surface area (Å²) in [4.78, 5) is 56.9. The van der Waals surface area contributed by atoms with Crippen LogP contribution in [0, 0.1) is 70.5 Å². The van der Waals surface area contributed by atoms with E-state index in [9.17, 15) is 103 Å². The van der Waals surface area contributed by atoms with Gasteiger partial charge in [0.15, 0.2) is 0 Å². The molecule has 0 aromatic carbocycles. The first-order chi connectivity index (χ1) is 41.3. The van der Waals surface area contributed by atoms with Gasteiger partial charge in [0, 0.05) is 34.3 Å². The third-order valence-electron chi connectivity index (χ3n) is 18.5. The van der Waals surface area contributed by atoms with E-state index in [2.05, 4.69) is 32.9 Å². The highest BCUT2D eigenvalue weighted by molar-refractivity contribution is 5.88. The maximum absolute atomic E-state index is 13.5. The average molecular weight is 1340 g/mol. The highest BCUT2D eigenvalue weighted by Crippen LogP contribution is 2.67. The third kappa shape index (κ3) is 21.9. The Morgan fingerprint density at radius 1 is 0.396 bits per heavy atom. The Hall–Kier alpha value is -5.21. The summed E-state index contributed by atoms with van der Waals surface area (Å²) in [6, 6.07) is 0. The van der Waals surface area contributed by atoms with Crippen LogP contribution in [0.5, 0.6) is 0 Å². The Labute approximate surface area is 517 Å². The monoisotopic (exact) mass is 1340 g/mol. The lowest BCUT2D eigenvalue weighted by Crippen LogP contribution is -2.61. The van der Waals surface area contributed by atoms with Gasteiger partial charge in [-0.1, -0.05) is 46.7 Å². The zero-order valence-corrected chi connectivity index (χ0v) is 51.8. The molecule has 0 N–H and O–H groups in total. The number of hydrogen-bond donors (Lipinski definition) is 0. The summed E-state index contributed by atoms with van der Waals surface area (Å²) in [6.07, 6.45) is -26.3. The zero-order chi connectivity index (χ0) is 69.7. The molecule has 0 aromatic rings. The molecule has 91 heavy (non-hydrogen) atoms. The van der Waals surface area contributed by atoms with Crippen molar-refractivity contribution in [2.45, 2.75) is 231 Å². The Bertz CT molecular complexity index is 2610. The standard InChI is InChI=1S/C15H19F3O2.C13H16F6O2.C12H15F3O2.C12H17F3O2.C11H15F3O2/c1-9(2)12(19)20-14-6-10-3-11(7-14)5-13(4-10,8-14)15(16,17)18;1-6(2)11(20)21-10-7(3)4-8(12(14,15)16)5-9(10)13(17,18)19;1-6(2)11(16)17-10-5-7-3-8(10)4-9(7)12(13,14)15;1-7(2)11(16)17-10-5-8(3)4-9(6-10)12(13,14)15;1-7(2)10(15)16-9-5-3-8(4-6-9)11(12,13)14/h10-11H,1,3-8H2,2H3;7-10H,1,4-5H2,2-3H3;7-10H,1,3-5H2,2H3;8-10H,1,4-6H2,2-3H3;8-9H,1,3-6H2,2H3. The molecule has 9 aliphatic carbocycles. The number of fused-ring (bicyclic) bond motifs is 2. The smallest absolute Gasteiger partial charge is 0.395 e. The number of rotatable bonds is 10. The number of halogens is 18. The van der Waals surface area contributed by atoms with Gasteiger partial charge in [-0.05, 0) is 179 Å². The highest BCUT2D eigenvalue weighted by Gasteiger charge is 2.69. The molecule has 0 aromatic heterocycles. The summed E-state index contributed by atoms with van der Waals surface area (Å²) in [5.74, 6) is -12.9. The van der Waals surface area contributed by atoms with Gasteiger partial charge in [-0.15, -0.1) is 0 Å². The number of carbonyl (C=O) groups excluding carboxylic acids is 5. The molecular weight excluding hydrogens is 1260 g/mol. The maximum Gasteiger partial charge on any atom is 0.395 e. The Morgan fingerprint density at radius 3 is 1.23 bits per heavy atom. The van der Waals surface area contributed by atoms with Crippen LogP contribution in [-0.4, -0.2) is 96.9 Å². The van der Waals surface area contributed by atoms with E-state index in [1.54, 1.807) is 6.92 Å². The number of carbonyl (C=O) groups is 5. The molecule has 9 aliphatic rings. The molecule has 13 atom stereocenters. The lowest BCUT2D eigenvalue weighted by Gasteiger charge is -2.61. The molecule has 6 bridgehead atoms. The molecule has 13 unspecified atom stereocenters. The molecule has 9 fully saturated rings. The van der Waals surface area contributed by atoms with E-state index in [-0.39, 0.29) is 128 Å². The fraction of sp³-hybridized carbons (Fsp3) is 0.762. The molecule has 0 heterocycles. The van der Waals surface area contributed by atoms with Gasteiger partial charge in [0.05, 0.1) is 35.0 Å². The van der Waals surface area contributed by atoms with Crippen molar-refractivity contribution >= 4 is 29.8 Å². The van der Waals surface area contributed by atoms with Crippen LogP contribution in [0.25, 0.3) is 0 Å². The van der Waals surface area contributed by atoms with Crippen LogP contribution in [0.2, 0.25) is 0 Å². The van der Waals surface area contributed by atoms with Gasteiger partial charge in [0.25, 0.3) is 0 Å². The first-order valence-electron chi connectivity index (χ1n) is 30.0. The molecule has 0 saturated heterocycles. The number of alkyl halides is 18. The SMILES string of the molecule is C=C(C)C(=O)OC12CC3CC(C1)CC(C(F)(F)F)(C3)C2.C=C(C)C(=O)OC1C(C)CC(C(F)(F)F)CC1C(F)(F)F.C=C(C)C(=O)OC1CC(C)CC(C(F)(F)F)C1.C=C(C)C(=O)OC1CC2CC1CC2C(F)(F)F.C=C(C)C(=O)OC1CCC(C(F)(F)F)CC1. The molecule has 9 saturated carbocycles. The van der Waals surface area contributed by atoms with Crippen molar-refractivity contribution in [1.82, 2.24) is 0 Å². The van der Waals surface area contributed by atoms with Gasteiger partial charge in [0.2, 0.25) is 0 Å². The van der Waals surface area contributed by atoms with Gasteiger partial charge < -0.3 is 23.7 Å². The zero-order valence-electron chi connectivity index (χ0n) is 51.8. The quantitative estimate of drug-likeness (QED) is 0.0901. The first-order valence-corrected chi connectivity index (χ1v) is 30.0. The van der Waals surface area contributed by atoms with E-state index in [0.29, 0.717) is 37.7 Å². The lowest BCUT2D eigenvalue weighted by molar-refractivity contribution is -0.299. The van der Waals surface area contributed by atoms with Crippen molar-refractivity contribution in [3.63, 3.8) is 0 Å². The second-order valence-corrected chi connectivity index (χ2v) is 26.7. The largest absolute Gasteiger partial charge is 0.459 e. The third-order valence-corrected chi connectivity index (χ3v) is 18.5. The average Bonchev–Trinajstić information content (AvgIpc) is 1.35. The van der Waals surface area contributed by atoms with Crippen LogP contribution < -0.4 is 0 Å². The molecule has 0 spiro atoms. The Balaban J connectivity index is 0.000000244. The number of ether oxygens (including phenoxy) is 5. The molecule has 9 rings (SSSR count). The van der Waals surface area contributed by atoms with Crippen molar-refractivity contribution in [2.24, 2.45) is 70.5 Å². The summed E-state index contributed by atoms with van der Waals surface area (Å²) >= 11 is 0. The summed E-state index contributed by atoms with van der Waals surface area (Å²) in [5, 5.41) is 0. The summed E-state index contributed by atoms with van der Waals surface area (Å²) in [6.45, 7) is 27.4. The predicted molar refractivity (Wildman–Crippen MR) is 294 cm³/mol. The van der Waals surface area contributed by atoms with Gasteiger partial charge in [-0.2, -0.15) is 79.0 Å². The van der Waals surface area contributed by atoms with Crippen molar-refractivity contribution in [1.29, 1.82) is 0 Å². The molecule has 28 heteroatoms. The second-order valence-electron chi connectivity index (χ2n) is 26.7. The lowest BCUT2D eigenvalue weighted by atomic mass is 9.47. The first kappa shape index (κ1) is 78.2. The fourth-order valence-corrected chi connectivity index (χ4v) is 14.4. The van der Waals surface area contributed by atoms with Crippen LogP contribution in [0.3, 0.4) is 0 Å². The number of esters is 5. The van der Waals surface area contributed by atoms with Gasteiger partial charge in [-0.25, -0.2) is 24.0 Å². The van der Waals surface area contributed by atoms with Gasteiger partial charge >= 0.3 is 66.9 Å². The van der Waals surface area contributed by atoms with E-state index >= 15 is 0 Å². The minimum Gasteiger partial charge on any atom is -0.459 e. The maximum atomic E-state index is 13.5. The summed E-state index contributed by atoms with van der Waals surface area (Å²) in [7, 11) is 0. The minimum atomic E-state index is -4.86. The second kappa shape index (κ2) is 30.0. The fourth-order valence-electron chi connectivity index (χ4n) is 14.4. The summed E-state index contributed by atoms with van der Waals surface area (Å²) < 4.78 is 256. The van der Waals surface area contributed by atoms with Crippen LogP contribution >= 0.6 is 0 Å². The van der Waals surface area contributed by atoms with E-state index in [4.69, 9.17) is 23.7 Å². The highest BCUT2D eigenvalue weighted by atomic mass is 19.4. The molecule has 0 amide bonds. The topological polar surface area (TPSA) is 132 Å². The van der Waals surface area contributed by atoms with E-state index in [0.717, 1.165) is 6.42 Å². The van der Waals surface area contributed by atoms with Crippen molar-refractivity contribution in [3.8, 4) is 0 Å². The van der Waals surface area contributed by atoms with Crippen LogP contribution in [0.4, 0.5) is 79.0 Å². The van der Waals surface area contributed by atoms with Crippen LogP contribution in [-0.2, 0) is 47.7 Å².